The van der Waals surface area contributed by atoms with Gasteiger partial charge in [-0.25, -0.2) is 4.39 Å². The van der Waals surface area contributed by atoms with Gasteiger partial charge >= 0.3 is 0 Å². The molecule has 3 rings (SSSR count). The fourth-order valence-corrected chi connectivity index (χ4v) is 2.33. The van der Waals surface area contributed by atoms with Crippen molar-refractivity contribution in [3.8, 4) is 0 Å². The van der Waals surface area contributed by atoms with Crippen LogP contribution in [0.1, 0.15) is 27.8 Å². The lowest BCUT2D eigenvalue weighted by Crippen LogP contribution is -2.03. The smallest absolute Gasteiger partial charge is 0.193 e. The Morgan fingerprint density at radius 1 is 1.05 bits per heavy atom. The molecule has 0 bridgehead atoms. The van der Waals surface area contributed by atoms with Crippen molar-refractivity contribution < 1.29 is 18.7 Å². The van der Waals surface area contributed by atoms with Crippen LogP contribution in [0.3, 0.4) is 0 Å². The zero-order chi connectivity index (χ0) is 14.8. The third-order valence-corrected chi connectivity index (χ3v) is 3.54. The summed E-state index contributed by atoms with van der Waals surface area (Å²) in [6.07, 6.45) is -0.366. The highest BCUT2D eigenvalue weighted by Crippen LogP contribution is 2.24. The molecule has 0 unspecified atom stereocenters. The number of ether oxygens (including phenoxy) is 2. The van der Waals surface area contributed by atoms with Crippen LogP contribution in [0.15, 0.2) is 42.5 Å². The van der Waals surface area contributed by atoms with E-state index in [9.17, 15) is 9.18 Å². The van der Waals surface area contributed by atoms with Crippen LogP contribution in [-0.4, -0.2) is 19.0 Å². The highest BCUT2D eigenvalue weighted by Gasteiger charge is 2.18. The van der Waals surface area contributed by atoms with Crippen LogP contribution in [0.2, 0.25) is 5.02 Å². The van der Waals surface area contributed by atoms with Crippen LogP contribution in [-0.2, 0) is 9.47 Å². The molecule has 0 saturated carbocycles. The number of rotatable bonds is 3. The van der Waals surface area contributed by atoms with Crippen molar-refractivity contribution in [1.82, 2.24) is 0 Å². The molecule has 0 N–H and O–H groups in total. The fourth-order valence-electron chi connectivity index (χ4n) is 2.15. The van der Waals surface area contributed by atoms with E-state index in [1.54, 1.807) is 24.3 Å². The summed E-state index contributed by atoms with van der Waals surface area (Å²) in [5.41, 5.74) is 1.71. The average molecular weight is 307 g/mol. The van der Waals surface area contributed by atoms with Crippen molar-refractivity contribution in [2.75, 3.05) is 13.2 Å². The van der Waals surface area contributed by atoms with Crippen molar-refractivity contribution in [2.24, 2.45) is 0 Å². The third kappa shape index (κ3) is 2.97. The quantitative estimate of drug-likeness (QED) is 0.810. The van der Waals surface area contributed by atoms with Crippen molar-refractivity contribution >= 4 is 17.4 Å². The molecule has 21 heavy (non-hydrogen) atoms. The largest absolute Gasteiger partial charge is 0.346 e. The molecule has 1 fully saturated rings. The number of ketones is 1. The normalized spacial score (nSPS) is 15.3. The van der Waals surface area contributed by atoms with E-state index in [1.807, 2.05) is 0 Å². The minimum atomic E-state index is -0.543. The summed E-state index contributed by atoms with van der Waals surface area (Å²) in [4.78, 5) is 12.3. The summed E-state index contributed by atoms with van der Waals surface area (Å²) in [5, 5.41) is -0.0646. The molecule has 0 atom stereocenters. The van der Waals surface area contributed by atoms with Gasteiger partial charge in [-0.05, 0) is 18.2 Å². The first-order chi connectivity index (χ1) is 10.1. The van der Waals surface area contributed by atoms with Gasteiger partial charge in [0.1, 0.15) is 5.82 Å². The number of halogens is 2. The van der Waals surface area contributed by atoms with Gasteiger partial charge in [-0.2, -0.15) is 0 Å². The molecule has 2 aromatic carbocycles. The second-order valence-corrected chi connectivity index (χ2v) is 5.06. The van der Waals surface area contributed by atoms with Gasteiger partial charge in [-0.3, -0.25) is 4.79 Å². The summed E-state index contributed by atoms with van der Waals surface area (Å²) < 4.78 is 23.9. The molecule has 3 nitrogen and oxygen atoms in total. The minimum Gasteiger partial charge on any atom is -0.346 e. The number of hydrogen-bond acceptors (Lipinski definition) is 3. The summed E-state index contributed by atoms with van der Waals surface area (Å²) >= 11 is 5.70. The topological polar surface area (TPSA) is 35.5 Å². The molecule has 1 heterocycles. The average Bonchev–Trinajstić information content (AvgIpc) is 3.04. The van der Waals surface area contributed by atoms with Crippen molar-refractivity contribution in [3.05, 3.63) is 70.0 Å². The molecule has 0 aliphatic carbocycles. The summed E-state index contributed by atoms with van der Waals surface area (Å²) in [5.74, 6) is -0.754. The highest BCUT2D eigenvalue weighted by atomic mass is 35.5. The van der Waals surface area contributed by atoms with Gasteiger partial charge in [0.2, 0.25) is 0 Å². The third-order valence-electron chi connectivity index (χ3n) is 3.25. The molecule has 5 heteroatoms. The van der Waals surface area contributed by atoms with Crippen LogP contribution in [0.4, 0.5) is 4.39 Å². The summed E-state index contributed by atoms with van der Waals surface area (Å²) in [6, 6.07) is 10.9. The first kappa shape index (κ1) is 14.2. The Morgan fingerprint density at radius 3 is 2.29 bits per heavy atom. The molecule has 0 amide bonds. The lowest BCUT2D eigenvalue weighted by molar-refractivity contribution is -0.0441. The number of hydrogen-bond donors (Lipinski definition) is 0. The zero-order valence-corrected chi connectivity index (χ0v) is 11.8. The highest BCUT2D eigenvalue weighted by molar-refractivity contribution is 6.31. The van der Waals surface area contributed by atoms with E-state index in [0.717, 1.165) is 5.56 Å². The Balaban J connectivity index is 1.82. The lowest BCUT2D eigenvalue weighted by Gasteiger charge is -2.09. The molecule has 0 spiro atoms. The molecule has 0 aromatic heterocycles. The second-order valence-electron chi connectivity index (χ2n) is 4.65. The Bertz CT molecular complexity index is 664. The Labute approximate surface area is 126 Å². The zero-order valence-electron chi connectivity index (χ0n) is 11.0. The van der Waals surface area contributed by atoms with Crippen LogP contribution < -0.4 is 0 Å². The van der Waals surface area contributed by atoms with E-state index in [0.29, 0.717) is 24.3 Å². The Morgan fingerprint density at radius 2 is 1.67 bits per heavy atom. The van der Waals surface area contributed by atoms with E-state index < -0.39 is 5.82 Å². The van der Waals surface area contributed by atoms with Gasteiger partial charge in [0.05, 0.1) is 18.2 Å². The van der Waals surface area contributed by atoms with E-state index in [1.165, 1.54) is 18.2 Å². The predicted molar refractivity (Wildman–Crippen MR) is 75.9 cm³/mol. The van der Waals surface area contributed by atoms with Crippen molar-refractivity contribution in [2.45, 2.75) is 6.29 Å². The van der Waals surface area contributed by atoms with Gasteiger partial charge in [0.25, 0.3) is 0 Å². The number of carbonyl (C=O) groups is 1. The maximum absolute atomic E-state index is 13.1. The lowest BCUT2D eigenvalue weighted by atomic mass is 10.0. The maximum atomic E-state index is 13.1. The SMILES string of the molecule is O=C(c1ccc(C2OCCO2)cc1)c1ccc(F)c(Cl)c1. The minimum absolute atomic E-state index is 0.0646. The Hall–Kier alpha value is -1.75. The van der Waals surface area contributed by atoms with Crippen LogP contribution >= 0.6 is 11.6 Å². The van der Waals surface area contributed by atoms with Gasteiger partial charge in [0, 0.05) is 16.7 Å². The van der Waals surface area contributed by atoms with Gasteiger partial charge in [-0.15, -0.1) is 0 Å². The molecule has 108 valence electrons. The van der Waals surface area contributed by atoms with E-state index in [2.05, 4.69) is 0 Å². The number of benzene rings is 2. The van der Waals surface area contributed by atoms with Crippen molar-refractivity contribution in [1.29, 1.82) is 0 Å². The second kappa shape index (κ2) is 5.93. The molecule has 2 aromatic rings. The molecular weight excluding hydrogens is 295 g/mol. The predicted octanol–water partition coefficient (Wildman–Crippen LogP) is 3.76. The maximum Gasteiger partial charge on any atom is 0.193 e. The molecule has 1 saturated heterocycles. The van der Waals surface area contributed by atoms with Crippen LogP contribution in [0, 0.1) is 5.82 Å². The van der Waals surface area contributed by atoms with E-state index in [-0.39, 0.29) is 17.1 Å². The molecule has 0 radical (unpaired) electrons. The monoisotopic (exact) mass is 306 g/mol. The first-order valence-corrected chi connectivity index (χ1v) is 6.86. The molecule has 1 aliphatic heterocycles. The van der Waals surface area contributed by atoms with E-state index in [4.69, 9.17) is 21.1 Å². The fraction of sp³-hybridized carbons (Fsp3) is 0.188. The summed E-state index contributed by atoms with van der Waals surface area (Å²) in [6.45, 7) is 1.14. The van der Waals surface area contributed by atoms with Crippen LogP contribution in [0.25, 0.3) is 0 Å². The molecule has 1 aliphatic rings. The molecular formula is C16H12ClFO3. The van der Waals surface area contributed by atoms with E-state index >= 15 is 0 Å². The standard InChI is InChI=1S/C16H12ClFO3/c17-13-9-12(5-6-14(13)18)15(19)10-1-3-11(4-2-10)16-20-7-8-21-16/h1-6,9,16H,7-8H2. The van der Waals surface area contributed by atoms with Gasteiger partial charge in [-0.1, -0.05) is 35.9 Å². The first-order valence-electron chi connectivity index (χ1n) is 6.48. The van der Waals surface area contributed by atoms with Crippen LogP contribution in [0.5, 0.6) is 0 Å². The van der Waals surface area contributed by atoms with Gasteiger partial charge in [0.15, 0.2) is 12.1 Å². The van der Waals surface area contributed by atoms with Crippen molar-refractivity contribution in [3.63, 3.8) is 0 Å². The Kier molecular flexibility index (Phi) is 4.01. The summed E-state index contributed by atoms with van der Waals surface area (Å²) in [7, 11) is 0. The van der Waals surface area contributed by atoms with Gasteiger partial charge < -0.3 is 9.47 Å². The number of carbonyl (C=O) groups excluding carboxylic acids is 1.